The molecule has 2 aromatic carbocycles. The highest BCUT2D eigenvalue weighted by Crippen LogP contribution is 2.19. The van der Waals surface area contributed by atoms with Gasteiger partial charge in [0.2, 0.25) is 0 Å². The van der Waals surface area contributed by atoms with Gasteiger partial charge in [-0.1, -0.05) is 18.2 Å². The van der Waals surface area contributed by atoms with E-state index in [1.54, 1.807) is 7.11 Å². The third-order valence-electron chi connectivity index (χ3n) is 4.52. The third kappa shape index (κ3) is 7.71. The number of guanidine groups is 1. The lowest BCUT2D eigenvalue weighted by molar-refractivity contribution is 0.0322. The molecule has 8 heteroatoms. The van der Waals surface area contributed by atoms with Crippen molar-refractivity contribution in [3.8, 4) is 11.5 Å². The van der Waals surface area contributed by atoms with Crippen molar-refractivity contribution in [1.82, 2.24) is 4.90 Å². The number of hydrogen-bond donors (Lipinski definition) is 2. The van der Waals surface area contributed by atoms with Crippen molar-refractivity contribution in [2.45, 2.75) is 6.54 Å². The highest BCUT2D eigenvalue weighted by atomic mass is 127. The van der Waals surface area contributed by atoms with Crippen LogP contribution in [0.15, 0.2) is 53.5 Å². The van der Waals surface area contributed by atoms with E-state index in [4.69, 9.17) is 19.9 Å². The second-order valence-electron chi connectivity index (χ2n) is 6.47. The number of para-hydroxylation sites is 1. The molecule has 2 aromatic rings. The Morgan fingerprint density at radius 3 is 2.59 bits per heavy atom. The maximum Gasteiger partial charge on any atom is 0.193 e. The van der Waals surface area contributed by atoms with Gasteiger partial charge in [-0.2, -0.15) is 0 Å². The number of hydrogen-bond acceptors (Lipinski definition) is 5. The number of anilines is 1. The predicted molar refractivity (Wildman–Crippen MR) is 127 cm³/mol. The van der Waals surface area contributed by atoms with Crippen LogP contribution >= 0.6 is 24.0 Å². The minimum absolute atomic E-state index is 0. The molecular formula is C21H29IN4O3. The summed E-state index contributed by atoms with van der Waals surface area (Å²) in [6.07, 6.45) is 0. The molecule has 1 saturated heterocycles. The summed E-state index contributed by atoms with van der Waals surface area (Å²) in [6, 6.07) is 15.4. The molecule has 0 unspecified atom stereocenters. The van der Waals surface area contributed by atoms with E-state index in [0.29, 0.717) is 19.1 Å². The summed E-state index contributed by atoms with van der Waals surface area (Å²) in [4.78, 5) is 6.78. The van der Waals surface area contributed by atoms with Gasteiger partial charge in [0, 0.05) is 30.9 Å². The highest BCUT2D eigenvalue weighted by Gasteiger charge is 2.10. The maximum absolute atomic E-state index is 6.02. The number of nitrogens with zero attached hydrogens (tertiary/aromatic N) is 2. The van der Waals surface area contributed by atoms with Crippen molar-refractivity contribution in [2.75, 3.05) is 51.9 Å². The van der Waals surface area contributed by atoms with Gasteiger partial charge in [0.15, 0.2) is 5.96 Å². The van der Waals surface area contributed by atoms with Crippen molar-refractivity contribution in [1.29, 1.82) is 0 Å². The quantitative estimate of drug-likeness (QED) is 0.322. The summed E-state index contributed by atoms with van der Waals surface area (Å²) in [5.74, 6) is 1.99. The maximum atomic E-state index is 6.02. The lowest BCUT2D eigenvalue weighted by atomic mass is 10.2. The number of benzene rings is 2. The molecule has 3 N–H and O–H groups in total. The molecule has 0 amide bonds. The summed E-state index contributed by atoms with van der Waals surface area (Å²) in [5.41, 5.74) is 7.88. The van der Waals surface area contributed by atoms with E-state index in [1.165, 1.54) is 0 Å². The van der Waals surface area contributed by atoms with Crippen molar-refractivity contribution in [3.63, 3.8) is 0 Å². The standard InChI is InChI=1S/C21H28N4O3.HI/c1-26-19-8-6-18(7-9-19)24-21(22)23-16-17-4-2-3-5-20(17)28-15-12-25-10-13-27-14-11-25;/h2-9H,10-16H2,1H3,(H3,22,23,24);1H. The van der Waals surface area contributed by atoms with E-state index >= 15 is 0 Å². The molecule has 0 radical (unpaired) electrons. The number of nitrogens with two attached hydrogens (primary N) is 1. The van der Waals surface area contributed by atoms with Gasteiger partial charge in [0.05, 0.1) is 26.9 Å². The van der Waals surface area contributed by atoms with Crippen LogP contribution < -0.4 is 20.5 Å². The van der Waals surface area contributed by atoms with E-state index < -0.39 is 0 Å². The molecular weight excluding hydrogens is 483 g/mol. The van der Waals surface area contributed by atoms with Crippen molar-refractivity contribution < 1.29 is 14.2 Å². The SMILES string of the molecule is COc1ccc(NC(N)=NCc2ccccc2OCCN2CCOCC2)cc1.I. The Balaban J connectivity index is 0.00000300. The first-order chi connectivity index (χ1) is 13.7. The third-order valence-corrected chi connectivity index (χ3v) is 4.52. The Bertz CT molecular complexity index is 765. The van der Waals surface area contributed by atoms with Crippen LogP contribution in [0.1, 0.15) is 5.56 Å². The first kappa shape index (κ1) is 23.2. The van der Waals surface area contributed by atoms with Gasteiger partial charge >= 0.3 is 0 Å². The van der Waals surface area contributed by atoms with Crippen molar-refractivity contribution in [2.24, 2.45) is 10.7 Å². The molecule has 0 bridgehead atoms. The molecule has 1 fully saturated rings. The molecule has 1 aliphatic rings. The smallest absolute Gasteiger partial charge is 0.193 e. The number of rotatable bonds is 8. The van der Waals surface area contributed by atoms with E-state index in [1.807, 2.05) is 48.5 Å². The fourth-order valence-corrected chi connectivity index (χ4v) is 2.92. The molecule has 1 heterocycles. The Labute approximate surface area is 189 Å². The van der Waals surface area contributed by atoms with E-state index in [-0.39, 0.29) is 24.0 Å². The van der Waals surface area contributed by atoms with Gasteiger partial charge in [-0.3, -0.25) is 4.90 Å². The lowest BCUT2D eigenvalue weighted by Crippen LogP contribution is -2.38. The fourth-order valence-electron chi connectivity index (χ4n) is 2.92. The van der Waals surface area contributed by atoms with Gasteiger partial charge in [0.25, 0.3) is 0 Å². The molecule has 158 valence electrons. The number of nitrogens with one attached hydrogen (secondary N) is 1. The molecule has 0 atom stereocenters. The minimum Gasteiger partial charge on any atom is -0.497 e. The molecule has 3 rings (SSSR count). The van der Waals surface area contributed by atoms with Gasteiger partial charge in [-0.25, -0.2) is 4.99 Å². The van der Waals surface area contributed by atoms with Crippen LogP contribution in [0.2, 0.25) is 0 Å². The summed E-state index contributed by atoms with van der Waals surface area (Å²) in [7, 11) is 1.64. The van der Waals surface area contributed by atoms with E-state index in [2.05, 4.69) is 15.2 Å². The Morgan fingerprint density at radius 2 is 1.86 bits per heavy atom. The van der Waals surface area contributed by atoms with E-state index in [0.717, 1.165) is 55.6 Å². The zero-order chi connectivity index (χ0) is 19.6. The van der Waals surface area contributed by atoms with Gasteiger partial charge < -0.3 is 25.3 Å². The monoisotopic (exact) mass is 512 g/mol. The Kier molecular flexibility index (Phi) is 10.0. The molecule has 0 aliphatic carbocycles. The number of halogens is 1. The Hall–Kier alpha value is -2.04. The minimum atomic E-state index is 0. The van der Waals surface area contributed by atoms with Crippen LogP contribution in [0.25, 0.3) is 0 Å². The summed E-state index contributed by atoms with van der Waals surface area (Å²) in [5, 5.41) is 3.08. The van der Waals surface area contributed by atoms with Crippen molar-refractivity contribution >= 4 is 35.6 Å². The summed E-state index contributed by atoms with van der Waals surface area (Å²) in [6.45, 7) is 5.49. The molecule has 0 spiro atoms. The topological polar surface area (TPSA) is 81.3 Å². The molecule has 7 nitrogen and oxygen atoms in total. The molecule has 29 heavy (non-hydrogen) atoms. The number of morpholine rings is 1. The summed E-state index contributed by atoms with van der Waals surface area (Å²) < 4.78 is 16.5. The van der Waals surface area contributed by atoms with Crippen molar-refractivity contribution in [3.05, 3.63) is 54.1 Å². The largest absolute Gasteiger partial charge is 0.497 e. The normalized spacial score (nSPS) is 14.7. The second kappa shape index (κ2) is 12.5. The molecule has 0 saturated carbocycles. The van der Waals surface area contributed by atoms with Crippen LogP contribution in [-0.2, 0) is 11.3 Å². The van der Waals surface area contributed by atoms with Crippen LogP contribution in [-0.4, -0.2) is 57.4 Å². The molecule has 1 aliphatic heterocycles. The lowest BCUT2D eigenvalue weighted by Gasteiger charge is -2.26. The number of ether oxygens (including phenoxy) is 3. The van der Waals surface area contributed by atoms with Gasteiger partial charge in [0.1, 0.15) is 18.1 Å². The Morgan fingerprint density at radius 1 is 1.14 bits per heavy atom. The first-order valence-corrected chi connectivity index (χ1v) is 9.46. The average Bonchev–Trinajstić information content (AvgIpc) is 2.74. The van der Waals surface area contributed by atoms with Crippen LogP contribution in [0, 0.1) is 0 Å². The molecule has 0 aromatic heterocycles. The van der Waals surface area contributed by atoms with E-state index in [9.17, 15) is 0 Å². The van der Waals surface area contributed by atoms with Gasteiger partial charge in [-0.15, -0.1) is 24.0 Å². The van der Waals surface area contributed by atoms with Crippen LogP contribution in [0.3, 0.4) is 0 Å². The number of aliphatic imine (C=N–C) groups is 1. The van der Waals surface area contributed by atoms with Gasteiger partial charge in [-0.05, 0) is 30.3 Å². The second-order valence-corrected chi connectivity index (χ2v) is 6.47. The zero-order valence-electron chi connectivity index (χ0n) is 16.7. The van der Waals surface area contributed by atoms with Crippen LogP contribution in [0.5, 0.6) is 11.5 Å². The predicted octanol–water partition coefficient (Wildman–Crippen LogP) is 2.95. The zero-order valence-corrected chi connectivity index (χ0v) is 19.0. The average molecular weight is 512 g/mol. The summed E-state index contributed by atoms with van der Waals surface area (Å²) >= 11 is 0. The first-order valence-electron chi connectivity index (χ1n) is 9.46. The fraction of sp³-hybridized carbons (Fsp3) is 0.381. The number of methoxy groups -OCH3 is 1. The van der Waals surface area contributed by atoms with Crippen LogP contribution in [0.4, 0.5) is 5.69 Å². The highest BCUT2D eigenvalue weighted by molar-refractivity contribution is 14.0.